The van der Waals surface area contributed by atoms with Crippen LogP contribution in [-0.4, -0.2) is 33.6 Å². The fraction of sp³-hybridized carbons (Fsp3) is 0.444. The molecule has 1 unspecified atom stereocenters. The highest BCUT2D eigenvalue weighted by Gasteiger charge is 2.14. The first-order valence-electron chi connectivity index (χ1n) is 4.82. The number of amides is 1. The van der Waals surface area contributed by atoms with E-state index in [1.165, 1.54) is 0 Å². The van der Waals surface area contributed by atoms with Gasteiger partial charge in [0.2, 0.25) is 0 Å². The molecule has 1 heterocycles. The smallest absolute Gasteiger partial charge is 0.325 e. The quantitative estimate of drug-likeness (QED) is 0.504. The number of aromatic nitrogens is 2. The van der Waals surface area contributed by atoms with Crippen LogP contribution in [0.1, 0.15) is 23.7 Å². The van der Waals surface area contributed by atoms with Crippen molar-refractivity contribution < 1.29 is 9.90 Å². The van der Waals surface area contributed by atoms with Gasteiger partial charge in [0.05, 0.1) is 12.6 Å². The highest BCUT2D eigenvalue weighted by molar-refractivity contribution is 5.93. The van der Waals surface area contributed by atoms with Crippen molar-refractivity contribution in [3.05, 3.63) is 32.6 Å². The lowest BCUT2D eigenvalue weighted by Crippen LogP contribution is -2.40. The highest BCUT2D eigenvalue weighted by atomic mass is 16.3. The number of H-pyrrole nitrogens is 2. The van der Waals surface area contributed by atoms with Crippen LogP contribution >= 0.6 is 0 Å². The molecule has 0 aliphatic rings. The van der Waals surface area contributed by atoms with E-state index in [0.717, 1.165) is 6.20 Å². The molecular weight excluding hydrogens is 214 g/mol. The lowest BCUT2D eigenvalue weighted by Gasteiger charge is -2.13. The van der Waals surface area contributed by atoms with Gasteiger partial charge in [-0.05, 0) is 6.42 Å². The third-order valence-corrected chi connectivity index (χ3v) is 2.11. The summed E-state index contributed by atoms with van der Waals surface area (Å²) in [5.74, 6) is -0.626. The summed E-state index contributed by atoms with van der Waals surface area (Å²) in [6, 6.07) is -0.404. The van der Waals surface area contributed by atoms with Crippen LogP contribution in [0.15, 0.2) is 15.8 Å². The Morgan fingerprint density at radius 2 is 2.25 bits per heavy atom. The zero-order valence-corrected chi connectivity index (χ0v) is 8.74. The maximum absolute atomic E-state index is 11.5. The first-order valence-corrected chi connectivity index (χ1v) is 4.82. The molecule has 7 nitrogen and oxygen atoms in total. The summed E-state index contributed by atoms with van der Waals surface area (Å²) in [5, 5.41) is 11.3. The Morgan fingerprint density at radius 1 is 1.56 bits per heavy atom. The molecule has 0 aliphatic heterocycles. The van der Waals surface area contributed by atoms with E-state index in [-0.39, 0.29) is 12.2 Å². The first kappa shape index (κ1) is 12.2. The predicted molar refractivity (Wildman–Crippen MR) is 56.3 cm³/mol. The molecule has 1 aromatic heterocycles. The van der Waals surface area contributed by atoms with Gasteiger partial charge in [0.25, 0.3) is 11.5 Å². The Morgan fingerprint density at radius 3 is 2.75 bits per heavy atom. The van der Waals surface area contributed by atoms with E-state index in [9.17, 15) is 14.4 Å². The van der Waals surface area contributed by atoms with Crippen molar-refractivity contribution in [2.75, 3.05) is 6.61 Å². The van der Waals surface area contributed by atoms with Gasteiger partial charge in [-0.1, -0.05) is 6.92 Å². The highest BCUT2D eigenvalue weighted by Crippen LogP contribution is 1.92. The molecule has 1 rings (SSSR count). The van der Waals surface area contributed by atoms with Crippen molar-refractivity contribution in [2.45, 2.75) is 19.4 Å². The third kappa shape index (κ3) is 2.80. The SMILES string of the molecule is CCC(CO)NC(=O)c1c[nH]c(=O)[nH]c1=O. The largest absolute Gasteiger partial charge is 0.394 e. The van der Waals surface area contributed by atoms with Crippen molar-refractivity contribution in [1.29, 1.82) is 0 Å². The summed E-state index contributed by atoms with van der Waals surface area (Å²) in [5.41, 5.74) is -1.61. The third-order valence-electron chi connectivity index (χ3n) is 2.11. The number of hydrogen-bond acceptors (Lipinski definition) is 4. The summed E-state index contributed by atoms with van der Waals surface area (Å²) < 4.78 is 0. The van der Waals surface area contributed by atoms with Crippen LogP contribution in [0.25, 0.3) is 0 Å². The fourth-order valence-corrected chi connectivity index (χ4v) is 1.12. The van der Waals surface area contributed by atoms with Gasteiger partial charge < -0.3 is 15.4 Å². The molecule has 0 radical (unpaired) electrons. The molecule has 1 atom stereocenters. The molecule has 0 bridgehead atoms. The van der Waals surface area contributed by atoms with E-state index < -0.39 is 23.2 Å². The molecule has 88 valence electrons. The van der Waals surface area contributed by atoms with Crippen molar-refractivity contribution in [3.8, 4) is 0 Å². The van der Waals surface area contributed by atoms with Gasteiger partial charge in [0.1, 0.15) is 5.56 Å². The first-order chi connectivity index (χ1) is 7.58. The Balaban J connectivity index is 2.89. The molecule has 4 N–H and O–H groups in total. The monoisotopic (exact) mass is 227 g/mol. The lowest BCUT2D eigenvalue weighted by atomic mass is 10.2. The van der Waals surface area contributed by atoms with Crippen LogP contribution in [-0.2, 0) is 0 Å². The zero-order valence-electron chi connectivity index (χ0n) is 8.74. The van der Waals surface area contributed by atoms with Gasteiger partial charge in [0, 0.05) is 6.20 Å². The van der Waals surface area contributed by atoms with E-state index in [4.69, 9.17) is 5.11 Å². The van der Waals surface area contributed by atoms with E-state index >= 15 is 0 Å². The van der Waals surface area contributed by atoms with Crippen molar-refractivity contribution in [3.63, 3.8) is 0 Å². The van der Waals surface area contributed by atoms with E-state index in [1.807, 2.05) is 4.98 Å². The Labute approximate surface area is 90.5 Å². The molecule has 0 fully saturated rings. The van der Waals surface area contributed by atoms with Crippen LogP contribution in [0, 0.1) is 0 Å². The molecule has 7 heteroatoms. The molecular formula is C9H13N3O4. The van der Waals surface area contributed by atoms with E-state index in [1.54, 1.807) is 6.92 Å². The summed E-state index contributed by atoms with van der Waals surface area (Å²) in [7, 11) is 0. The number of carbonyl (C=O) groups is 1. The number of aliphatic hydroxyl groups excluding tert-OH is 1. The summed E-state index contributed by atoms with van der Waals surface area (Å²) in [4.78, 5) is 37.6. The van der Waals surface area contributed by atoms with Gasteiger partial charge in [0.15, 0.2) is 0 Å². The van der Waals surface area contributed by atoms with Crippen molar-refractivity contribution in [2.24, 2.45) is 0 Å². The average molecular weight is 227 g/mol. The summed E-state index contributed by atoms with van der Waals surface area (Å²) in [6.45, 7) is 1.59. The van der Waals surface area contributed by atoms with Crippen LogP contribution in [0.2, 0.25) is 0 Å². The molecule has 0 aliphatic carbocycles. The van der Waals surface area contributed by atoms with Gasteiger partial charge >= 0.3 is 5.69 Å². The standard InChI is InChI=1S/C9H13N3O4/c1-2-5(4-13)11-7(14)6-3-10-9(16)12-8(6)15/h3,5,13H,2,4H2,1H3,(H,11,14)(H2,10,12,15,16). The number of hydrogen-bond donors (Lipinski definition) is 4. The fourth-order valence-electron chi connectivity index (χ4n) is 1.12. The Bertz CT molecular complexity index is 472. The molecule has 0 spiro atoms. The maximum atomic E-state index is 11.5. The van der Waals surface area contributed by atoms with Gasteiger partial charge in [-0.25, -0.2) is 4.79 Å². The second kappa shape index (κ2) is 5.26. The molecule has 0 aromatic carbocycles. The van der Waals surface area contributed by atoms with E-state index in [2.05, 4.69) is 10.3 Å². The van der Waals surface area contributed by atoms with Crippen LogP contribution in [0.4, 0.5) is 0 Å². The topological polar surface area (TPSA) is 115 Å². The van der Waals surface area contributed by atoms with Crippen molar-refractivity contribution in [1.82, 2.24) is 15.3 Å². The van der Waals surface area contributed by atoms with Crippen LogP contribution in [0.5, 0.6) is 0 Å². The van der Waals surface area contributed by atoms with Crippen molar-refractivity contribution >= 4 is 5.91 Å². The van der Waals surface area contributed by atoms with E-state index in [0.29, 0.717) is 6.42 Å². The molecule has 0 saturated carbocycles. The summed E-state index contributed by atoms with van der Waals surface area (Å²) in [6.07, 6.45) is 1.59. The zero-order chi connectivity index (χ0) is 12.1. The molecule has 1 amide bonds. The second-order valence-corrected chi connectivity index (χ2v) is 3.25. The average Bonchev–Trinajstić information content (AvgIpc) is 2.25. The van der Waals surface area contributed by atoms with Crippen LogP contribution < -0.4 is 16.6 Å². The number of aliphatic hydroxyl groups is 1. The number of rotatable bonds is 4. The number of carbonyl (C=O) groups excluding carboxylic acids is 1. The van der Waals surface area contributed by atoms with Gasteiger partial charge in [-0.15, -0.1) is 0 Å². The molecule has 16 heavy (non-hydrogen) atoms. The minimum absolute atomic E-state index is 0.188. The van der Waals surface area contributed by atoms with Crippen LogP contribution in [0.3, 0.4) is 0 Å². The van der Waals surface area contributed by atoms with Gasteiger partial charge in [-0.3, -0.25) is 14.6 Å². The minimum Gasteiger partial charge on any atom is -0.394 e. The number of nitrogens with one attached hydrogen (secondary N) is 3. The normalized spacial score (nSPS) is 12.1. The lowest BCUT2D eigenvalue weighted by molar-refractivity contribution is 0.0913. The Kier molecular flexibility index (Phi) is 4.01. The van der Waals surface area contributed by atoms with Gasteiger partial charge in [-0.2, -0.15) is 0 Å². The molecule has 1 aromatic rings. The minimum atomic E-state index is -0.756. The summed E-state index contributed by atoms with van der Waals surface area (Å²) >= 11 is 0. The maximum Gasteiger partial charge on any atom is 0.325 e. The predicted octanol–water partition coefficient (Wildman–Crippen LogP) is -1.44. The Hall–Kier alpha value is -1.89. The number of aromatic amines is 2. The second-order valence-electron chi connectivity index (χ2n) is 3.25. The molecule has 0 saturated heterocycles.